The molecule has 2 aromatic carbocycles. The van der Waals surface area contributed by atoms with E-state index in [-0.39, 0.29) is 5.11 Å². The van der Waals surface area contributed by atoms with E-state index in [9.17, 15) is 4.79 Å². The molecule has 0 aliphatic rings. The van der Waals surface area contributed by atoms with E-state index in [1.807, 2.05) is 0 Å². The highest BCUT2D eigenvalue weighted by molar-refractivity contribution is 7.80. The number of hydrogen-bond donors (Lipinski definition) is 2. The predicted octanol–water partition coefficient (Wildman–Crippen LogP) is 5.35. The number of nitrogens with one attached hydrogen (secondary N) is 2. The highest BCUT2D eigenvalue weighted by Crippen LogP contribution is 2.36. The lowest BCUT2D eigenvalue weighted by Gasteiger charge is -2.13. The second-order valence-electron chi connectivity index (χ2n) is 5.36. The minimum absolute atomic E-state index is 0.109. The average Bonchev–Trinajstić information content (AvgIpc) is 2.97. The Morgan fingerprint density at radius 3 is 2.59 bits per heavy atom. The number of benzene rings is 2. The third-order valence-electron chi connectivity index (χ3n) is 3.68. The average molecular weight is 441 g/mol. The van der Waals surface area contributed by atoms with Crippen LogP contribution in [0.3, 0.4) is 0 Å². The molecule has 5 nitrogen and oxygen atoms in total. The summed E-state index contributed by atoms with van der Waals surface area (Å²) < 4.78 is 11.3. The van der Waals surface area contributed by atoms with Crippen molar-refractivity contribution in [1.29, 1.82) is 0 Å². The lowest BCUT2D eigenvalue weighted by Crippen LogP contribution is -2.33. The van der Waals surface area contributed by atoms with Crippen LogP contribution in [0.5, 0.6) is 11.5 Å². The summed E-state index contributed by atoms with van der Waals surface area (Å²) in [7, 11) is 3.10. The van der Waals surface area contributed by atoms with Crippen molar-refractivity contribution >= 4 is 73.5 Å². The Morgan fingerprint density at radius 1 is 1.11 bits per heavy atom. The summed E-state index contributed by atoms with van der Waals surface area (Å²) in [5.74, 6) is 0.774. The lowest BCUT2D eigenvalue weighted by atomic mass is 10.2. The van der Waals surface area contributed by atoms with Crippen molar-refractivity contribution in [2.75, 3.05) is 19.5 Å². The Labute approximate surface area is 175 Å². The standard InChI is InChI=1S/C18H14Cl2N2O3S2/c1-24-10-4-6-13(25-2)12(8-10)21-18(26)22-17(23)16-15(20)11-5-3-9(19)7-14(11)27-16/h3-8H,1-2H3,(H2,21,22,23,26). The number of thiophene rings is 1. The van der Waals surface area contributed by atoms with Gasteiger partial charge in [0.1, 0.15) is 16.4 Å². The molecule has 0 aliphatic carbocycles. The fourth-order valence-corrected chi connectivity index (χ4v) is 4.30. The molecule has 0 radical (unpaired) electrons. The summed E-state index contributed by atoms with van der Waals surface area (Å²) in [5.41, 5.74) is 0.566. The summed E-state index contributed by atoms with van der Waals surface area (Å²) in [5, 5.41) is 7.38. The number of carbonyl (C=O) groups excluding carboxylic acids is 1. The van der Waals surface area contributed by atoms with Crippen LogP contribution in [0.1, 0.15) is 9.67 Å². The Morgan fingerprint density at radius 2 is 1.89 bits per heavy atom. The van der Waals surface area contributed by atoms with Gasteiger partial charge in [-0.1, -0.05) is 29.3 Å². The van der Waals surface area contributed by atoms with E-state index < -0.39 is 5.91 Å². The van der Waals surface area contributed by atoms with Gasteiger partial charge in [-0.2, -0.15) is 0 Å². The van der Waals surface area contributed by atoms with Crippen LogP contribution in [-0.2, 0) is 0 Å². The molecule has 0 saturated heterocycles. The SMILES string of the molecule is COc1ccc(OC)c(NC(=S)NC(=O)c2sc3cc(Cl)ccc3c2Cl)c1. The number of rotatable bonds is 4. The molecule has 27 heavy (non-hydrogen) atoms. The van der Waals surface area contributed by atoms with Crippen molar-refractivity contribution in [3.63, 3.8) is 0 Å². The number of carbonyl (C=O) groups is 1. The molecule has 1 aromatic heterocycles. The molecule has 9 heteroatoms. The number of ether oxygens (including phenoxy) is 2. The van der Waals surface area contributed by atoms with Crippen LogP contribution in [0.2, 0.25) is 10.0 Å². The van der Waals surface area contributed by atoms with Crippen LogP contribution in [0.4, 0.5) is 5.69 Å². The van der Waals surface area contributed by atoms with Gasteiger partial charge < -0.3 is 14.8 Å². The first-order valence-corrected chi connectivity index (χ1v) is 9.63. The number of fused-ring (bicyclic) bond motifs is 1. The van der Waals surface area contributed by atoms with E-state index in [2.05, 4.69) is 10.6 Å². The van der Waals surface area contributed by atoms with Gasteiger partial charge in [-0.3, -0.25) is 10.1 Å². The van der Waals surface area contributed by atoms with Gasteiger partial charge >= 0.3 is 0 Å². The Balaban J connectivity index is 1.79. The molecule has 1 heterocycles. The topological polar surface area (TPSA) is 59.6 Å². The van der Waals surface area contributed by atoms with Crippen LogP contribution in [0.15, 0.2) is 36.4 Å². The van der Waals surface area contributed by atoms with Crippen molar-refractivity contribution in [3.8, 4) is 11.5 Å². The van der Waals surface area contributed by atoms with E-state index in [1.54, 1.807) is 43.5 Å². The van der Waals surface area contributed by atoms with Crippen molar-refractivity contribution in [2.24, 2.45) is 0 Å². The highest BCUT2D eigenvalue weighted by Gasteiger charge is 2.19. The fourth-order valence-electron chi connectivity index (χ4n) is 2.41. The summed E-state index contributed by atoms with van der Waals surface area (Å²) in [4.78, 5) is 13.0. The Hall–Kier alpha value is -2.06. The quantitative estimate of drug-likeness (QED) is 0.535. The zero-order valence-electron chi connectivity index (χ0n) is 14.3. The molecule has 0 unspecified atom stereocenters. The van der Waals surface area contributed by atoms with E-state index >= 15 is 0 Å². The van der Waals surface area contributed by atoms with Crippen molar-refractivity contribution in [3.05, 3.63) is 51.3 Å². The molecule has 0 spiro atoms. The predicted molar refractivity (Wildman–Crippen MR) is 115 cm³/mol. The zero-order chi connectivity index (χ0) is 19.6. The number of hydrogen-bond acceptors (Lipinski definition) is 5. The van der Waals surface area contributed by atoms with E-state index in [0.717, 1.165) is 10.1 Å². The van der Waals surface area contributed by atoms with Crippen LogP contribution in [0.25, 0.3) is 10.1 Å². The maximum absolute atomic E-state index is 12.6. The first kappa shape index (κ1) is 19.7. The van der Waals surface area contributed by atoms with E-state index in [0.29, 0.717) is 32.1 Å². The second-order valence-corrected chi connectivity index (χ2v) is 7.63. The first-order valence-electron chi connectivity index (χ1n) is 7.65. The molecule has 0 saturated carbocycles. The zero-order valence-corrected chi connectivity index (χ0v) is 17.4. The lowest BCUT2D eigenvalue weighted by molar-refractivity contribution is 0.0982. The van der Waals surface area contributed by atoms with Crippen LogP contribution in [-0.4, -0.2) is 25.2 Å². The molecule has 1 amide bonds. The molecule has 0 aliphatic heterocycles. The smallest absolute Gasteiger partial charge is 0.269 e. The summed E-state index contributed by atoms with van der Waals surface area (Å²) >= 11 is 18.8. The van der Waals surface area contributed by atoms with Gasteiger partial charge in [0.25, 0.3) is 5.91 Å². The van der Waals surface area contributed by atoms with Crippen LogP contribution < -0.4 is 20.1 Å². The van der Waals surface area contributed by atoms with Gasteiger partial charge in [0.15, 0.2) is 5.11 Å². The molecule has 3 rings (SSSR count). The van der Waals surface area contributed by atoms with Gasteiger partial charge in [-0.25, -0.2) is 0 Å². The maximum Gasteiger partial charge on any atom is 0.269 e. The minimum Gasteiger partial charge on any atom is -0.497 e. The van der Waals surface area contributed by atoms with Gasteiger partial charge in [0.2, 0.25) is 0 Å². The molecule has 0 atom stereocenters. The Kier molecular flexibility index (Phi) is 6.06. The maximum atomic E-state index is 12.6. The summed E-state index contributed by atoms with van der Waals surface area (Å²) in [6.07, 6.45) is 0. The van der Waals surface area contributed by atoms with Crippen molar-refractivity contribution in [1.82, 2.24) is 5.32 Å². The third-order valence-corrected chi connectivity index (χ3v) is 5.77. The van der Waals surface area contributed by atoms with Crippen molar-refractivity contribution < 1.29 is 14.3 Å². The van der Waals surface area contributed by atoms with E-state index in [1.165, 1.54) is 18.4 Å². The number of anilines is 1. The summed E-state index contributed by atoms with van der Waals surface area (Å²) in [6, 6.07) is 10.5. The normalized spacial score (nSPS) is 10.5. The third kappa shape index (κ3) is 4.27. The molecule has 0 bridgehead atoms. The van der Waals surface area contributed by atoms with Gasteiger partial charge in [0.05, 0.1) is 24.9 Å². The van der Waals surface area contributed by atoms with Gasteiger partial charge in [-0.15, -0.1) is 11.3 Å². The molecule has 0 fully saturated rings. The molecule has 3 aromatic rings. The minimum atomic E-state index is -0.406. The molecular formula is C18H14Cl2N2O3S2. The van der Waals surface area contributed by atoms with Crippen molar-refractivity contribution in [2.45, 2.75) is 0 Å². The molecule has 2 N–H and O–H groups in total. The van der Waals surface area contributed by atoms with Crippen LogP contribution in [0, 0.1) is 0 Å². The second kappa shape index (κ2) is 8.31. The van der Waals surface area contributed by atoms with E-state index in [4.69, 9.17) is 44.9 Å². The number of thiocarbonyl (C=S) groups is 1. The highest BCUT2D eigenvalue weighted by atomic mass is 35.5. The first-order chi connectivity index (χ1) is 12.9. The number of amides is 1. The monoisotopic (exact) mass is 440 g/mol. The van der Waals surface area contributed by atoms with Gasteiger partial charge in [0, 0.05) is 21.2 Å². The fraction of sp³-hybridized carbons (Fsp3) is 0.111. The molecular weight excluding hydrogens is 427 g/mol. The largest absolute Gasteiger partial charge is 0.497 e. The Bertz CT molecular complexity index is 1040. The van der Waals surface area contributed by atoms with Crippen LogP contribution >= 0.6 is 46.8 Å². The summed E-state index contributed by atoms with van der Waals surface area (Å²) in [6.45, 7) is 0. The number of halogens is 2. The van der Waals surface area contributed by atoms with Gasteiger partial charge in [-0.05, 0) is 36.5 Å². The molecule has 140 valence electrons. The number of methoxy groups -OCH3 is 2.